The molecular weight excluding hydrogens is 212 g/mol. The number of rotatable bonds is 3. The van der Waals surface area contributed by atoms with E-state index in [1.807, 2.05) is 19.3 Å². The number of nitrogens with zero attached hydrogens (tertiary/aromatic N) is 4. The van der Waals surface area contributed by atoms with Gasteiger partial charge < -0.3 is 4.90 Å². The molecule has 80 valence electrons. The van der Waals surface area contributed by atoms with Gasteiger partial charge in [0.2, 0.25) is 0 Å². The molecule has 15 heavy (non-hydrogen) atoms. The van der Waals surface area contributed by atoms with Gasteiger partial charge in [-0.25, -0.2) is 9.50 Å². The smallest absolute Gasteiger partial charge is 0.154 e. The van der Waals surface area contributed by atoms with Crippen molar-refractivity contribution in [3.05, 3.63) is 24.7 Å². The molecule has 0 bridgehead atoms. The van der Waals surface area contributed by atoms with Crippen LogP contribution in [-0.4, -0.2) is 33.6 Å². The highest BCUT2D eigenvalue weighted by molar-refractivity contribution is 6.18. The first-order valence-corrected chi connectivity index (χ1v) is 5.34. The van der Waals surface area contributed by atoms with Gasteiger partial charge in [0.15, 0.2) is 5.82 Å². The fraction of sp³-hybridized carbons (Fsp3) is 0.400. The van der Waals surface area contributed by atoms with E-state index in [0.29, 0.717) is 5.88 Å². The second kappa shape index (κ2) is 4.06. The first kappa shape index (κ1) is 10.2. The molecule has 0 radical (unpaired) electrons. The van der Waals surface area contributed by atoms with Crippen molar-refractivity contribution in [2.75, 3.05) is 17.8 Å². The molecule has 1 unspecified atom stereocenters. The van der Waals surface area contributed by atoms with Crippen LogP contribution in [0.15, 0.2) is 24.7 Å². The third-order valence-corrected chi connectivity index (χ3v) is 2.97. The average Bonchev–Trinajstić information content (AvgIpc) is 2.74. The maximum absolute atomic E-state index is 5.83. The molecule has 0 saturated heterocycles. The molecule has 0 N–H and O–H groups in total. The lowest BCUT2D eigenvalue weighted by Gasteiger charge is -2.24. The Morgan fingerprint density at radius 1 is 1.53 bits per heavy atom. The van der Waals surface area contributed by atoms with Gasteiger partial charge in [-0.3, -0.25) is 0 Å². The number of aromatic nitrogens is 3. The lowest BCUT2D eigenvalue weighted by atomic mass is 10.3. The number of fused-ring (bicyclic) bond motifs is 1. The van der Waals surface area contributed by atoms with Crippen LogP contribution in [0.3, 0.4) is 0 Å². The molecule has 0 aliphatic carbocycles. The summed E-state index contributed by atoms with van der Waals surface area (Å²) in [6.07, 6.45) is 5.34. The zero-order valence-electron chi connectivity index (χ0n) is 8.76. The number of hydrogen-bond acceptors (Lipinski definition) is 3. The van der Waals surface area contributed by atoms with Gasteiger partial charge >= 0.3 is 0 Å². The second-order valence-corrected chi connectivity index (χ2v) is 3.83. The van der Waals surface area contributed by atoms with Gasteiger partial charge in [0.05, 0.1) is 6.20 Å². The van der Waals surface area contributed by atoms with Crippen LogP contribution in [0.25, 0.3) is 5.52 Å². The number of hydrogen-bond donors (Lipinski definition) is 0. The van der Waals surface area contributed by atoms with Gasteiger partial charge in [-0.05, 0) is 13.0 Å². The van der Waals surface area contributed by atoms with E-state index in [2.05, 4.69) is 21.9 Å². The van der Waals surface area contributed by atoms with E-state index in [1.54, 1.807) is 16.9 Å². The van der Waals surface area contributed by atoms with Crippen molar-refractivity contribution in [3.63, 3.8) is 0 Å². The van der Waals surface area contributed by atoms with E-state index in [0.717, 1.165) is 11.3 Å². The standard InChI is InChI=1S/C10H13ClN4/c1-8(7-11)14(2)10-9-3-4-13-15(9)6-5-12-10/h3-6,8H,7H2,1-2H3. The molecule has 0 aliphatic rings. The van der Waals surface area contributed by atoms with Crippen molar-refractivity contribution in [2.24, 2.45) is 0 Å². The molecule has 2 aromatic heterocycles. The Morgan fingerprint density at radius 3 is 3.07 bits per heavy atom. The normalized spacial score (nSPS) is 13.0. The van der Waals surface area contributed by atoms with Gasteiger partial charge in [0.1, 0.15) is 5.52 Å². The third-order valence-electron chi connectivity index (χ3n) is 2.52. The molecule has 2 heterocycles. The Morgan fingerprint density at radius 2 is 2.33 bits per heavy atom. The molecule has 1 atom stereocenters. The van der Waals surface area contributed by atoms with E-state index in [1.165, 1.54) is 0 Å². The molecule has 0 saturated carbocycles. The predicted molar refractivity (Wildman–Crippen MR) is 61.6 cm³/mol. The van der Waals surface area contributed by atoms with E-state index >= 15 is 0 Å². The van der Waals surface area contributed by atoms with Gasteiger partial charge in [-0.15, -0.1) is 11.6 Å². The van der Waals surface area contributed by atoms with Crippen molar-refractivity contribution in [1.29, 1.82) is 0 Å². The second-order valence-electron chi connectivity index (χ2n) is 3.53. The monoisotopic (exact) mass is 224 g/mol. The van der Waals surface area contributed by atoms with Crippen molar-refractivity contribution in [1.82, 2.24) is 14.6 Å². The maximum atomic E-state index is 5.83. The minimum atomic E-state index is 0.250. The summed E-state index contributed by atoms with van der Waals surface area (Å²) in [4.78, 5) is 6.41. The predicted octanol–water partition coefficient (Wildman–Crippen LogP) is 1.79. The van der Waals surface area contributed by atoms with E-state index in [9.17, 15) is 0 Å². The number of alkyl halides is 1. The summed E-state index contributed by atoms with van der Waals surface area (Å²) in [5, 5.41) is 4.16. The lowest BCUT2D eigenvalue weighted by molar-refractivity contribution is 0.747. The average molecular weight is 225 g/mol. The summed E-state index contributed by atoms with van der Waals surface area (Å²) in [6.45, 7) is 2.06. The molecule has 5 heteroatoms. The third kappa shape index (κ3) is 1.77. The quantitative estimate of drug-likeness (QED) is 0.746. The summed E-state index contributed by atoms with van der Waals surface area (Å²) in [7, 11) is 1.99. The minimum absolute atomic E-state index is 0.250. The SMILES string of the molecule is CC(CCl)N(C)c1nccn2nccc12. The lowest BCUT2D eigenvalue weighted by Crippen LogP contribution is -2.31. The van der Waals surface area contributed by atoms with Crippen LogP contribution in [0.5, 0.6) is 0 Å². The highest BCUT2D eigenvalue weighted by atomic mass is 35.5. The van der Waals surface area contributed by atoms with Crippen LogP contribution in [0.2, 0.25) is 0 Å². The van der Waals surface area contributed by atoms with Crippen molar-refractivity contribution < 1.29 is 0 Å². The molecular formula is C10H13ClN4. The summed E-state index contributed by atoms with van der Waals surface area (Å²) in [6, 6.07) is 2.19. The molecule has 0 amide bonds. The molecule has 2 rings (SSSR count). The van der Waals surface area contributed by atoms with Gasteiger partial charge in [0, 0.05) is 31.4 Å². The first-order valence-electron chi connectivity index (χ1n) is 4.81. The van der Waals surface area contributed by atoms with Gasteiger partial charge in [0.25, 0.3) is 0 Å². The zero-order chi connectivity index (χ0) is 10.8. The molecule has 0 aliphatic heterocycles. The fourth-order valence-corrected chi connectivity index (χ4v) is 1.63. The van der Waals surface area contributed by atoms with Crippen LogP contribution in [0.4, 0.5) is 5.82 Å². The van der Waals surface area contributed by atoms with Crippen LogP contribution in [-0.2, 0) is 0 Å². The summed E-state index contributed by atoms with van der Waals surface area (Å²) in [5.74, 6) is 1.48. The largest absolute Gasteiger partial charge is 0.354 e. The molecule has 4 nitrogen and oxygen atoms in total. The Kier molecular flexibility index (Phi) is 2.77. The van der Waals surface area contributed by atoms with E-state index < -0.39 is 0 Å². The summed E-state index contributed by atoms with van der Waals surface area (Å²) < 4.78 is 1.81. The van der Waals surface area contributed by atoms with Gasteiger partial charge in [-0.1, -0.05) is 0 Å². The number of halogens is 1. The van der Waals surface area contributed by atoms with Crippen LogP contribution >= 0.6 is 11.6 Å². The Labute approximate surface area is 93.5 Å². The van der Waals surface area contributed by atoms with Crippen LogP contribution < -0.4 is 4.90 Å². The fourth-order valence-electron chi connectivity index (χ4n) is 1.43. The first-order chi connectivity index (χ1) is 7.24. The topological polar surface area (TPSA) is 33.4 Å². The number of anilines is 1. The molecule has 0 aromatic carbocycles. The van der Waals surface area contributed by atoms with Crippen LogP contribution in [0, 0.1) is 0 Å². The highest BCUT2D eigenvalue weighted by Gasteiger charge is 2.13. The highest BCUT2D eigenvalue weighted by Crippen LogP contribution is 2.18. The maximum Gasteiger partial charge on any atom is 0.154 e. The van der Waals surface area contributed by atoms with Gasteiger partial charge in [-0.2, -0.15) is 5.10 Å². The van der Waals surface area contributed by atoms with Crippen molar-refractivity contribution in [3.8, 4) is 0 Å². The molecule has 0 fully saturated rings. The van der Waals surface area contributed by atoms with Crippen molar-refractivity contribution in [2.45, 2.75) is 13.0 Å². The summed E-state index contributed by atoms with van der Waals surface area (Å²) in [5.41, 5.74) is 0.997. The van der Waals surface area contributed by atoms with E-state index in [-0.39, 0.29) is 6.04 Å². The zero-order valence-corrected chi connectivity index (χ0v) is 9.52. The minimum Gasteiger partial charge on any atom is -0.354 e. The van der Waals surface area contributed by atoms with Crippen molar-refractivity contribution >= 4 is 22.9 Å². The Hall–Kier alpha value is -1.29. The summed E-state index contributed by atoms with van der Waals surface area (Å²) >= 11 is 5.83. The molecule has 0 spiro atoms. The van der Waals surface area contributed by atoms with E-state index in [4.69, 9.17) is 11.6 Å². The molecule has 2 aromatic rings. The van der Waals surface area contributed by atoms with Crippen LogP contribution in [0.1, 0.15) is 6.92 Å². The Balaban J connectivity index is 2.46. The Bertz CT molecular complexity index is 453.